The van der Waals surface area contributed by atoms with Crippen LogP contribution in [0.1, 0.15) is 38.3 Å². The van der Waals surface area contributed by atoms with Crippen LogP contribution in [0.15, 0.2) is 23.1 Å². The highest BCUT2D eigenvalue weighted by Gasteiger charge is 2.31. The van der Waals surface area contributed by atoms with Crippen molar-refractivity contribution in [3.8, 4) is 0 Å². The van der Waals surface area contributed by atoms with Crippen LogP contribution in [0.4, 0.5) is 0 Å². The molecule has 1 unspecified atom stereocenters. The first kappa shape index (κ1) is 19.3. The van der Waals surface area contributed by atoms with Crippen molar-refractivity contribution >= 4 is 21.8 Å². The SMILES string of the molecule is Cc1ccc(S(=O)(=O)NC(CC(=O)C(C)(C)C)C(=O)O)cc1C. The van der Waals surface area contributed by atoms with Gasteiger partial charge in [0.05, 0.1) is 4.90 Å². The number of carboxylic acids is 1. The largest absolute Gasteiger partial charge is 0.480 e. The van der Waals surface area contributed by atoms with E-state index in [1.807, 2.05) is 6.92 Å². The highest BCUT2D eigenvalue weighted by Crippen LogP contribution is 2.19. The first-order chi connectivity index (χ1) is 10.3. The highest BCUT2D eigenvalue weighted by molar-refractivity contribution is 7.89. The number of hydrogen-bond donors (Lipinski definition) is 2. The summed E-state index contributed by atoms with van der Waals surface area (Å²) in [5, 5.41) is 9.22. The smallest absolute Gasteiger partial charge is 0.322 e. The zero-order valence-corrected chi connectivity index (χ0v) is 14.8. The Morgan fingerprint density at radius 3 is 2.17 bits per heavy atom. The van der Waals surface area contributed by atoms with Gasteiger partial charge in [-0.3, -0.25) is 9.59 Å². The molecule has 128 valence electrons. The molecule has 2 N–H and O–H groups in total. The van der Waals surface area contributed by atoms with Crippen LogP contribution in [-0.4, -0.2) is 31.3 Å². The lowest BCUT2D eigenvalue weighted by Crippen LogP contribution is -2.43. The first-order valence-corrected chi connectivity index (χ1v) is 8.68. The molecule has 0 spiro atoms. The second-order valence-corrected chi connectivity index (χ2v) is 8.35. The fourth-order valence-corrected chi connectivity index (χ4v) is 3.08. The van der Waals surface area contributed by atoms with Crippen molar-refractivity contribution in [1.82, 2.24) is 4.72 Å². The molecular formula is C16H23NO5S. The second-order valence-electron chi connectivity index (χ2n) is 6.64. The Morgan fingerprint density at radius 1 is 1.17 bits per heavy atom. The quantitative estimate of drug-likeness (QED) is 0.824. The number of rotatable bonds is 6. The topological polar surface area (TPSA) is 101 Å². The predicted molar refractivity (Wildman–Crippen MR) is 86.7 cm³/mol. The van der Waals surface area contributed by atoms with Crippen LogP contribution in [-0.2, 0) is 19.6 Å². The number of ketones is 1. The van der Waals surface area contributed by atoms with Gasteiger partial charge in [-0.15, -0.1) is 0 Å². The minimum absolute atomic E-state index is 0.0185. The van der Waals surface area contributed by atoms with Crippen LogP contribution in [0.5, 0.6) is 0 Å². The number of carbonyl (C=O) groups excluding carboxylic acids is 1. The van der Waals surface area contributed by atoms with E-state index in [2.05, 4.69) is 4.72 Å². The Balaban J connectivity index is 3.05. The van der Waals surface area contributed by atoms with E-state index >= 15 is 0 Å². The van der Waals surface area contributed by atoms with Gasteiger partial charge in [0.2, 0.25) is 10.0 Å². The molecule has 1 rings (SSSR count). The van der Waals surface area contributed by atoms with Gasteiger partial charge >= 0.3 is 5.97 Å². The lowest BCUT2D eigenvalue weighted by atomic mass is 9.87. The molecule has 0 saturated carbocycles. The molecule has 0 fully saturated rings. The van der Waals surface area contributed by atoms with Crippen LogP contribution < -0.4 is 4.72 Å². The van der Waals surface area contributed by atoms with E-state index < -0.39 is 33.9 Å². The van der Waals surface area contributed by atoms with Crippen molar-refractivity contribution in [2.45, 2.75) is 52.0 Å². The number of aryl methyl sites for hydroxylation is 2. The van der Waals surface area contributed by atoms with E-state index in [9.17, 15) is 23.1 Å². The third-order valence-corrected chi connectivity index (χ3v) is 5.08. The van der Waals surface area contributed by atoms with Crippen molar-refractivity contribution in [1.29, 1.82) is 0 Å². The van der Waals surface area contributed by atoms with Crippen molar-refractivity contribution in [3.63, 3.8) is 0 Å². The lowest BCUT2D eigenvalue weighted by molar-refractivity contribution is -0.141. The number of benzene rings is 1. The summed E-state index contributed by atoms with van der Waals surface area (Å²) in [5.74, 6) is -1.71. The molecule has 0 saturated heterocycles. The Morgan fingerprint density at radius 2 is 1.74 bits per heavy atom. The van der Waals surface area contributed by atoms with Gasteiger partial charge in [0, 0.05) is 11.8 Å². The third kappa shape index (κ3) is 5.14. The molecule has 0 aliphatic rings. The zero-order valence-electron chi connectivity index (χ0n) is 14.0. The van der Waals surface area contributed by atoms with Crippen molar-refractivity contribution in [3.05, 3.63) is 29.3 Å². The third-order valence-electron chi connectivity index (χ3n) is 3.61. The van der Waals surface area contributed by atoms with Gasteiger partial charge in [-0.1, -0.05) is 26.8 Å². The normalized spacial score (nSPS) is 13.6. The van der Waals surface area contributed by atoms with Crippen molar-refractivity contribution in [2.75, 3.05) is 0 Å². The Kier molecular flexibility index (Phi) is 5.71. The summed E-state index contributed by atoms with van der Waals surface area (Å²) in [6, 6.07) is 3.05. The highest BCUT2D eigenvalue weighted by atomic mass is 32.2. The molecule has 0 aliphatic heterocycles. The number of nitrogens with one attached hydrogen (secondary N) is 1. The average molecular weight is 341 g/mol. The number of aliphatic carboxylic acids is 1. The molecule has 7 heteroatoms. The molecule has 1 aromatic carbocycles. The van der Waals surface area contributed by atoms with Crippen LogP contribution in [0.25, 0.3) is 0 Å². The second kappa shape index (κ2) is 6.80. The molecule has 0 bridgehead atoms. The summed E-state index contributed by atoms with van der Waals surface area (Å²) in [4.78, 5) is 23.3. The van der Waals surface area contributed by atoms with Crippen LogP contribution in [0.2, 0.25) is 0 Å². The average Bonchev–Trinajstić information content (AvgIpc) is 2.39. The zero-order chi connectivity index (χ0) is 18.0. The Bertz CT molecular complexity index is 716. The summed E-state index contributed by atoms with van der Waals surface area (Å²) in [6.45, 7) is 8.59. The van der Waals surface area contributed by atoms with E-state index in [0.717, 1.165) is 11.1 Å². The van der Waals surface area contributed by atoms with Gasteiger partial charge in [-0.25, -0.2) is 8.42 Å². The molecular weight excluding hydrogens is 318 g/mol. The maximum atomic E-state index is 12.4. The maximum Gasteiger partial charge on any atom is 0.322 e. The van der Waals surface area contributed by atoms with Crippen LogP contribution >= 0.6 is 0 Å². The molecule has 0 aliphatic carbocycles. The maximum absolute atomic E-state index is 12.4. The summed E-state index contributed by atoms with van der Waals surface area (Å²) < 4.78 is 26.8. The molecule has 6 nitrogen and oxygen atoms in total. The van der Waals surface area contributed by atoms with Crippen molar-refractivity contribution in [2.24, 2.45) is 5.41 Å². The summed E-state index contributed by atoms with van der Waals surface area (Å²) in [5.41, 5.74) is 0.978. The van der Waals surface area contributed by atoms with E-state index in [4.69, 9.17) is 0 Å². The van der Waals surface area contributed by atoms with Crippen molar-refractivity contribution < 1.29 is 23.1 Å². The summed E-state index contributed by atoms with van der Waals surface area (Å²) in [7, 11) is -4.02. The minimum Gasteiger partial charge on any atom is -0.480 e. The van der Waals surface area contributed by atoms with E-state index in [1.54, 1.807) is 33.8 Å². The van der Waals surface area contributed by atoms with E-state index in [1.165, 1.54) is 12.1 Å². The molecule has 0 radical (unpaired) electrons. The molecule has 1 aromatic rings. The summed E-state index contributed by atoms with van der Waals surface area (Å²) in [6.07, 6.45) is -0.400. The van der Waals surface area contributed by atoms with Crippen LogP contribution in [0.3, 0.4) is 0 Å². The van der Waals surface area contributed by atoms with Crippen LogP contribution in [0, 0.1) is 19.3 Å². The number of Topliss-reactive ketones (excluding diaryl/α,β-unsaturated/α-hetero) is 1. The summed E-state index contributed by atoms with van der Waals surface area (Å²) >= 11 is 0. The van der Waals surface area contributed by atoms with Gasteiger partial charge < -0.3 is 5.11 Å². The molecule has 0 heterocycles. The Labute approximate surface area is 137 Å². The molecule has 0 amide bonds. The molecule has 23 heavy (non-hydrogen) atoms. The number of carboxylic acid groups (broad SMARTS) is 1. The van der Waals surface area contributed by atoms with Gasteiger partial charge in [0.25, 0.3) is 0 Å². The fourth-order valence-electron chi connectivity index (χ4n) is 1.81. The predicted octanol–water partition coefficient (Wildman–Crippen LogP) is 2.04. The van der Waals surface area contributed by atoms with Gasteiger partial charge in [0.15, 0.2) is 0 Å². The number of hydrogen-bond acceptors (Lipinski definition) is 4. The van der Waals surface area contributed by atoms with Gasteiger partial charge in [-0.2, -0.15) is 4.72 Å². The monoisotopic (exact) mass is 341 g/mol. The Hall–Kier alpha value is -1.73. The minimum atomic E-state index is -4.02. The number of sulfonamides is 1. The number of carbonyl (C=O) groups is 2. The van der Waals surface area contributed by atoms with Gasteiger partial charge in [-0.05, 0) is 37.1 Å². The lowest BCUT2D eigenvalue weighted by Gasteiger charge is -2.20. The molecule has 0 aromatic heterocycles. The van der Waals surface area contributed by atoms with E-state index in [-0.39, 0.29) is 10.7 Å². The fraction of sp³-hybridized carbons (Fsp3) is 0.500. The standard InChI is InChI=1S/C16H23NO5S/c1-10-6-7-12(8-11(10)2)23(21,22)17-13(15(19)20)9-14(18)16(3,4)5/h6-8,13,17H,9H2,1-5H3,(H,19,20). The first-order valence-electron chi connectivity index (χ1n) is 7.20. The van der Waals surface area contributed by atoms with E-state index in [0.29, 0.717) is 0 Å². The van der Waals surface area contributed by atoms with Gasteiger partial charge in [0.1, 0.15) is 11.8 Å². The molecule has 1 atom stereocenters.